The van der Waals surface area contributed by atoms with E-state index in [9.17, 15) is 14.4 Å². The zero-order valence-electron chi connectivity index (χ0n) is 17.5. The fourth-order valence-corrected chi connectivity index (χ4v) is 3.61. The number of methoxy groups -OCH3 is 1. The van der Waals surface area contributed by atoms with Gasteiger partial charge in [0.15, 0.2) is 0 Å². The first-order chi connectivity index (χ1) is 13.7. The largest absolute Gasteiger partial charge is 0.469 e. The lowest BCUT2D eigenvalue weighted by molar-refractivity contribution is -0.140. The molecule has 29 heavy (non-hydrogen) atoms. The maximum absolute atomic E-state index is 12.8. The molecular formula is C21H29N3O5. The summed E-state index contributed by atoms with van der Waals surface area (Å²) in [5.41, 5.74) is 1.29. The summed E-state index contributed by atoms with van der Waals surface area (Å²) in [5.74, 6) is -0.241. The molecule has 1 aromatic rings. The number of carbonyl (C=O) groups is 3. The molecule has 3 amide bonds. The van der Waals surface area contributed by atoms with Crippen LogP contribution >= 0.6 is 0 Å². The lowest BCUT2D eigenvalue weighted by Gasteiger charge is -2.36. The molecule has 3 rings (SSSR count). The smallest absolute Gasteiger partial charge is 0.410 e. The summed E-state index contributed by atoms with van der Waals surface area (Å²) in [7, 11) is 1.38. The highest BCUT2D eigenvalue weighted by atomic mass is 16.6. The third kappa shape index (κ3) is 4.99. The number of hydrogen-bond acceptors (Lipinski definition) is 5. The predicted molar refractivity (Wildman–Crippen MR) is 108 cm³/mol. The first-order valence-electron chi connectivity index (χ1n) is 9.90. The fourth-order valence-electron chi connectivity index (χ4n) is 3.61. The average Bonchev–Trinajstić information content (AvgIpc) is 3.01. The minimum absolute atomic E-state index is 0.0406. The zero-order chi connectivity index (χ0) is 21.2. The van der Waals surface area contributed by atoms with Gasteiger partial charge in [0.1, 0.15) is 5.60 Å². The Morgan fingerprint density at radius 3 is 2.41 bits per heavy atom. The molecule has 0 saturated carbocycles. The van der Waals surface area contributed by atoms with Crippen molar-refractivity contribution in [3.8, 4) is 0 Å². The van der Waals surface area contributed by atoms with Gasteiger partial charge in [-0.2, -0.15) is 0 Å². The van der Waals surface area contributed by atoms with Gasteiger partial charge in [-0.15, -0.1) is 0 Å². The zero-order valence-corrected chi connectivity index (χ0v) is 17.5. The van der Waals surface area contributed by atoms with Crippen molar-refractivity contribution in [1.29, 1.82) is 0 Å². The van der Waals surface area contributed by atoms with Gasteiger partial charge >= 0.3 is 18.1 Å². The number of anilines is 1. The van der Waals surface area contributed by atoms with E-state index in [2.05, 4.69) is 4.74 Å². The standard InChI is InChI=1S/C21H29N3O5/c1-21(2,3)29-20(27)22-11-12-23-17(13-22)14-24(19(23)26)16-8-5-15(6-9-16)7-10-18(25)28-4/h5-6,8-9,17H,7,10-14H2,1-4H3. The van der Waals surface area contributed by atoms with Gasteiger partial charge in [0.25, 0.3) is 0 Å². The van der Waals surface area contributed by atoms with Crippen molar-refractivity contribution < 1.29 is 23.9 Å². The van der Waals surface area contributed by atoms with Gasteiger partial charge in [-0.3, -0.25) is 9.69 Å². The van der Waals surface area contributed by atoms with Gasteiger partial charge in [0.2, 0.25) is 0 Å². The van der Waals surface area contributed by atoms with E-state index in [1.54, 1.807) is 9.80 Å². The van der Waals surface area contributed by atoms with Gasteiger partial charge in [-0.1, -0.05) is 12.1 Å². The van der Waals surface area contributed by atoms with Crippen LogP contribution in [0.25, 0.3) is 0 Å². The van der Waals surface area contributed by atoms with Crippen molar-refractivity contribution in [2.75, 3.05) is 38.2 Å². The Balaban J connectivity index is 1.61. The highest BCUT2D eigenvalue weighted by Crippen LogP contribution is 2.27. The lowest BCUT2D eigenvalue weighted by Crippen LogP contribution is -2.54. The second kappa shape index (κ2) is 8.31. The Bertz CT molecular complexity index is 772. The average molecular weight is 403 g/mol. The van der Waals surface area contributed by atoms with Gasteiger partial charge in [0, 0.05) is 38.3 Å². The van der Waals surface area contributed by atoms with E-state index >= 15 is 0 Å². The fraction of sp³-hybridized carbons (Fsp3) is 0.571. The van der Waals surface area contributed by atoms with Crippen molar-refractivity contribution >= 4 is 23.8 Å². The Morgan fingerprint density at radius 2 is 1.79 bits per heavy atom. The summed E-state index contributed by atoms with van der Waals surface area (Å²) in [6, 6.07) is 7.55. The number of piperazine rings is 1. The number of urea groups is 1. The molecule has 2 fully saturated rings. The summed E-state index contributed by atoms with van der Waals surface area (Å²) < 4.78 is 10.1. The third-order valence-electron chi connectivity index (χ3n) is 5.10. The van der Waals surface area contributed by atoms with E-state index in [4.69, 9.17) is 4.74 Å². The summed E-state index contributed by atoms with van der Waals surface area (Å²) in [6.45, 7) is 7.49. The predicted octanol–water partition coefficient (Wildman–Crippen LogP) is 2.65. The van der Waals surface area contributed by atoms with Crippen LogP contribution in [-0.4, -0.2) is 72.8 Å². The Hall–Kier alpha value is -2.77. The van der Waals surface area contributed by atoms with Crippen molar-refractivity contribution in [3.05, 3.63) is 29.8 Å². The molecular weight excluding hydrogens is 374 g/mol. The quantitative estimate of drug-likeness (QED) is 0.722. The number of ether oxygens (including phenoxy) is 2. The molecule has 1 aromatic carbocycles. The molecule has 0 radical (unpaired) electrons. The Kier molecular flexibility index (Phi) is 6.00. The van der Waals surface area contributed by atoms with Crippen LogP contribution in [0, 0.1) is 0 Å². The monoisotopic (exact) mass is 403 g/mol. The van der Waals surface area contributed by atoms with E-state index in [1.165, 1.54) is 7.11 Å². The molecule has 158 valence electrons. The van der Waals surface area contributed by atoms with Gasteiger partial charge in [-0.25, -0.2) is 9.59 Å². The highest BCUT2D eigenvalue weighted by Gasteiger charge is 2.42. The van der Waals surface area contributed by atoms with E-state index in [-0.39, 0.29) is 24.1 Å². The molecule has 2 heterocycles. The van der Waals surface area contributed by atoms with Crippen molar-refractivity contribution in [1.82, 2.24) is 9.80 Å². The second-order valence-corrected chi connectivity index (χ2v) is 8.41. The van der Waals surface area contributed by atoms with Crippen LogP contribution in [0.5, 0.6) is 0 Å². The molecule has 1 unspecified atom stereocenters. The first kappa shape index (κ1) is 21.0. The molecule has 2 aliphatic rings. The number of rotatable bonds is 4. The van der Waals surface area contributed by atoms with Crippen molar-refractivity contribution in [3.63, 3.8) is 0 Å². The number of esters is 1. The molecule has 0 N–H and O–H groups in total. The number of fused-ring (bicyclic) bond motifs is 1. The van der Waals surface area contributed by atoms with Gasteiger partial charge < -0.3 is 19.3 Å². The van der Waals surface area contributed by atoms with Crippen LogP contribution in [0.2, 0.25) is 0 Å². The number of aryl methyl sites for hydroxylation is 1. The molecule has 0 spiro atoms. The molecule has 2 saturated heterocycles. The topological polar surface area (TPSA) is 79.4 Å². The van der Waals surface area contributed by atoms with Gasteiger partial charge in [-0.05, 0) is 44.9 Å². The second-order valence-electron chi connectivity index (χ2n) is 8.41. The molecule has 2 aliphatic heterocycles. The molecule has 0 aliphatic carbocycles. The molecule has 1 atom stereocenters. The van der Waals surface area contributed by atoms with E-state index in [0.717, 1.165) is 11.3 Å². The normalized spacial score (nSPS) is 19.2. The third-order valence-corrected chi connectivity index (χ3v) is 5.10. The minimum Gasteiger partial charge on any atom is -0.469 e. The summed E-state index contributed by atoms with van der Waals surface area (Å²) in [5, 5.41) is 0. The number of hydrogen-bond donors (Lipinski definition) is 0. The first-order valence-corrected chi connectivity index (χ1v) is 9.90. The Morgan fingerprint density at radius 1 is 1.10 bits per heavy atom. The van der Waals surface area contributed by atoms with Crippen LogP contribution < -0.4 is 4.90 Å². The van der Waals surface area contributed by atoms with Crippen LogP contribution in [-0.2, 0) is 20.7 Å². The number of amides is 3. The summed E-state index contributed by atoms with van der Waals surface area (Å²) in [4.78, 5) is 41.7. The van der Waals surface area contributed by atoms with Crippen LogP contribution in [0.3, 0.4) is 0 Å². The van der Waals surface area contributed by atoms with E-state index in [1.807, 2.05) is 49.9 Å². The molecule has 0 bridgehead atoms. The number of benzene rings is 1. The molecule has 0 aromatic heterocycles. The van der Waals surface area contributed by atoms with E-state index < -0.39 is 5.60 Å². The van der Waals surface area contributed by atoms with Crippen LogP contribution in [0.1, 0.15) is 32.8 Å². The summed E-state index contributed by atoms with van der Waals surface area (Å²) >= 11 is 0. The molecule has 8 nitrogen and oxygen atoms in total. The van der Waals surface area contributed by atoms with Gasteiger partial charge in [0.05, 0.1) is 13.2 Å². The van der Waals surface area contributed by atoms with E-state index in [0.29, 0.717) is 39.0 Å². The maximum atomic E-state index is 12.8. The Labute approximate surface area is 171 Å². The maximum Gasteiger partial charge on any atom is 0.410 e. The van der Waals surface area contributed by atoms with Crippen LogP contribution in [0.4, 0.5) is 15.3 Å². The SMILES string of the molecule is COC(=O)CCc1ccc(N2CC3CN(C(=O)OC(C)(C)C)CCN3C2=O)cc1. The lowest BCUT2D eigenvalue weighted by atomic mass is 10.1. The van der Waals surface area contributed by atoms with Crippen LogP contribution in [0.15, 0.2) is 24.3 Å². The van der Waals surface area contributed by atoms with Crippen molar-refractivity contribution in [2.45, 2.75) is 45.3 Å². The summed E-state index contributed by atoms with van der Waals surface area (Å²) in [6.07, 6.45) is 0.591. The highest BCUT2D eigenvalue weighted by molar-refractivity contribution is 5.95. The van der Waals surface area contributed by atoms with Crippen molar-refractivity contribution in [2.24, 2.45) is 0 Å². The minimum atomic E-state index is -0.540. The molecule has 8 heteroatoms. The number of carbonyl (C=O) groups excluding carboxylic acids is 3. The number of nitrogens with zero attached hydrogens (tertiary/aromatic N) is 3.